The van der Waals surface area contributed by atoms with Crippen molar-refractivity contribution in [3.63, 3.8) is 0 Å². The summed E-state index contributed by atoms with van der Waals surface area (Å²) in [4.78, 5) is 35.7. The zero-order valence-electron chi connectivity index (χ0n) is 13.3. The first kappa shape index (κ1) is 18.9. The highest BCUT2D eigenvalue weighted by Crippen LogP contribution is 2.19. The van der Waals surface area contributed by atoms with Crippen LogP contribution >= 0.6 is 15.9 Å². The molecule has 0 radical (unpaired) electrons. The van der Waals surface area contributed by atoms with Gasteiger partial charge in [-0.3, -0.25) is 9.59 Å². The molecule has 0 spiro atoms. The van der Waals surface area contributed by atoms with Crippen molar-refractivity contribution in [2.45, 2.75) is 6.92 Å². The number of halogens is 1. The Morgan fingerprint density at radius 1 is 1.30 bits per heavy atom. The number of carbonyl (C=O) groups is 3. The summed E-state index contributed by atoms with van der Waals surface area (Å²) in [6.07, 6.45) is 2.84. The van der Waals surface area contributed by atoms with Crippen molar-refractivity contribution in [1.29, 1.82) is 0 Å². The Morgan fingerprint density at radius 3 is 2.61 bits per heavy atom. The number of esters is 1. The molecule has 0 bridgehead atoms. The molecule has 0 saturated carbocycles. The first-order chi connectivity index (χ1) is 10.8. The quantitative estimate of drug-likeness (QED) is 0.597. The molecular formula is C16H19BrN2O4. The molecule has 0 atom stereocenters. The summed E-state index contributed by atoms with van der Waals surface area (Å²) in [5.41, 5.74) is 1.93. The van der Waals surface area contributed by atoms with E-state index in [0.717, 1.165) is 15.6 Å². The lowest BCUT2D eigenvalue weighted by atomic mass is 10.1. The summed E-state index contributed by atoms with van der Waals surface area (Å²) in [6.45, 7) is 1.40. The Morgan fingerprint density at radius 2 is 2.00 bits per heavy atom. The molecular weight excluding hydrogens is 364 g/mol. The van der Waals surface area contributed by atoms with E-state index in [4.69, 9.17) is 4.74 Å². The third kappa shape index (κ3) is 7.10. The van der Waals surface area contributed by atoms with Crippen LogP contribution in [0.2, 0.25) is 0 Å². The average Bonchev–Trinajstić information content (AvgIpc) is 2.49. The molecule has 0 saturated heterocycles. The second-order valence-corrected chi connectivity index (χ2v) is 5.89. The number of benzene rings is 1. The van der Waals surface area contributed by atoms with Crippen molar-refractivity contribution >= 4 is 39.8 Å². The number of ether oxygens (including phenoxy) is 1. The van der Waals surface area contributed by atoms with Gasteiger partial charge in [0.15, 0.2) is 6.61 Å². The Hall–Kier alpha value is -2.15. The summed E-state index contributed by atoms with van der Waals surface area (Å²) in [7, 11) is 3.17. The number of nitrogens with zero attached hydrogens (tertiary/aromatic N) is 1. The van der Waals surface area contributed by atoms with Gasteiger partial charge in [0.2, 0.25) is 5.91 Å². The maximum Gasteiger partial charge on any atom is 0.331 e. The first-order valence-electron chi connectivity index (χ1n) is 6.87. The zero-order chi connectivity index (χ0) is 17.4. The fraction of sp³-hybridized carbons (Fsp3) is 0.312. The first-order valence-corrected chi connectivity index (χ1v) is 7.66. The molecule has 0 aliphatic rings. The molecule has 0 aromatic heterocycles. The fourth-order valence-electron chi connectivity index (χ4n) is 1.49. The standard InChI is InChI=1S/C16H19BrN2O4/c1-11-4-5-12(13(17)8-11)6-7-16(22)23-10-14(20)18-9-15(21)19(2)3/h4-8H,9-10H2,1-3H3,(H,18,20)/b7-6+. The number of rotatable bonds is 6. The Bertz CT molecular complexity index is 627. The number of nitrogens with one attached hydrogen (secondary N) is 1. The monoisotopic (exact) mass is 382 g/mol. The van der Waals surface area contributed by atoms with Gasteiger partial charge in [0.1, 0.15) is 0 Å². The van der Waals surface area contributed by atoms with Crippen LogP contribution in [0.3, 0.4) is 0 Å². The van der Waals surface area contributed by atoms with Crippen LogP contribution in [-0.4, -0.2) is 49.9 Å². The number of aryl methyl sites for hydroxylation is 1. The normalized spacial score (nSPS) is 10.4. The SMILES string of the molecule is Cc1ccc(/C=C/C(=O)OCC(=O)NCC(=O)N(C)C)c(Br)c1. The van der Waals surface area contributed by atoms with Crippen molar-refractivity contribution in [2.75, 3.05) is 27.2 Å². The maximum absolute atomic E-state index is 11.6. The Labute approximate surface area is 143 Å². The van der Waals surface area contributed by atoms with E-state index in [0.29, 0.717) is 0 Å². The molecule has 0 aliphatic carbocycles. The van der Waals surface area contributed by atoms with E-state index in [-0.39, 0.29) is 12.5 Å². The Balaban J connectivity index is 2.40. The lowest BCUT2D eigenvalue weighted by Gasteiger charge is -2.10. The minimum Gasteiger partial charge on any atom is -0.452 e. The molecule has 1 N–H and O–H groups in total. The molecule has 1 aromatic carbocycles. The van der Waals surface area contributed by atoms with Crippen molar-refractivity contribution < 1.29 is 19.1 Å². The highest BCUT2D eigenvalue weighted by atomic mass is 79.9. The van der Waals surface area contributed by atoms with Gasteiger partial charge in [0, 0.05) is 24.6 Å². The van der Waals surface area contributed by atoms with Crippen LogP contribution in [0.15, 0.2) is 28.7 Å². The summed E-state index contributed by atoms with van der Waals surface area (Å²) in [5.74, 6) is -1.40. The van der Waals surface area contributed by atoms with E-state index in [2.05, 4.69) is 21.2 Å². The van der Waals surface area contributed by atoms with E-state index >= 15 is 0 Å². The van der Waals surface area contributed by atoms with Crippen LogP contribution < -0.4 is 5.32 Å². The second-order valence-electron chi connectivity index (χ2n) is 5.03. The van der Waals surface area contributed by atoms with Crippen LogP contribution in [0.1, 0.15) is 11.1 Å². The lowest BCUT2D eigenvalue weighted by molar-refractivity contribution is -0.144. The smallest absolute Gasteiger partial charge is 0.331 e. The van der Waals surface area contributed by atoms with Crippen molar-refractivity contribution in [1.82, 2.24) is 10.2 Å². The minimum atomic E-state index is -0.633. The second kappa shape index (κ2) is 9.09. The van der Waals surface area contributed by atoms with E-state index < -0.39 is 18.5 Å². The van der Waals surface area contributed by atoms with E-state index in [1.165, 1.54) is 11.0 Å². The van der Waals surface area contributed by atoms with Crippen molar-refractivity contribution in [2.24, 2.45) is 0 Å². The van der Waals surface area contributed by atoms with E-state index in [9.17, 15) is 14.4 Å². The zero-order valence-corrected chi connectivity index (χ0v) is 14.8. The molecule has 23 heavy (non-hydrogen) atoms. The number of likely N-dealkylation sites (N-methyl/N-ethyl adjacent to an activating group) is 1. The maximum atomic E-state index is 11.6. The molecule has 0 heterocycles. The highest BCUT2D eigenvalue weighted by Gasteiger charge is 2.08. The highest BCUT2D eigenvalue weighted by molar-refractivity contribution is 9.10. The van der Waals surface area contributed by atoms with E-state index in [1.54, 1.807) is 20.2 Å². The average molecular weight is 383 g/mol. The molecule has 0 unspecified atom stereocenters. The Kier molecular flexibility index (Phi) is 7.47. The van der Waals surface area contributed by atoms with Gasteiger partial charge >= 0.3 is 5.97 Å². The topological polar surface area (TPSA) is 75.7 Å². The van der Waals surface area contributed by atoms with Gasteiger partial charge in [0.25, 0.3) is 5.91 Å². The number of carbonyl (C=O) groups excluding carboxylic acids is 3. The van der Waals surface area contributed by atoms with Gasteiger partial charge in [0.05, 0.1) is 6.54 Å². The lowest BCUT2D eigenvalue weighted by Crippen LogP contribution is -2.38. The fourth-order valence-corrected chi connectivity index (χ4v) is 2.12. The van der Waals surface area contributed by atoms with Crippen molar-refractivity contribution in [3.8, 4) is 0 Å². The molecule has 6 nitrogen and oxygen atoms in total. The molecule has 2 amide bonds. The van der Waals surface area contributed by atoms with Crippen LogP contribution in [0.5, 0.6) is 0 Å². The molecule has 1 rings (SSSR count). The van der Waals surface area contributed by atoms with Gasteiger partial charge < -0.3 is 15.0 Å². The van der Waals surface area contributed by atoms with Crippen LogP contribution in [-0.2, 0) is 19.1 Å². The predicted octanol–water partition coefficient (Wildman–Crippen LogP) is 1.52. The van der Waals surface area contributed by atoms with Crippen molar-refractivity contribution in [3.05, 3.63) is 39.9 Å². The molecule has 7 heteroatoms. The molecule has 0 aliphatic heterocycles. The largest absolute Gasteiger partial charge is 0.452 e. The summed E-state index contributed by atoms with van der Waals surface area (Å²) >= 11 is 3.40. The van der Waals surface area contributed by atoms with Crippen LogP contribution in [0, 0.1) is 6.92 Å². The number of amides is 2. The van der Waals surface area contributed by atoms with E-state index in [1.807, 2.05) is 25.1 Å². The van der Waals surface area contributed by atoms with Gasteiger partial charge in [-0.1, -0.05) is 28.1 Å². The molecule has 124 valence electrons. The molecule has 0 fully saturated rings. The third-order valence-corrected chi connectivity index (χ3v) is 3.52. The molecule has 1 aromatic rings. The summed E-state index contributed by atoms with van der Waals surface area (Å²) in [6, 6.07) is 5.72. The summed E-state index contributed by atoms with van der Waals surface area (Å²) < 4.78 is 5.67. The van der Waals surface area contributed by atoms with Gasteiger partial charge in [-0.05, 0) is 30.2 Å². The number of hydrogen-bond donors (Lipinski definition) is 1. The van der Waals surface area contributed by atoms with Gasteiger partial charge in [-0.2, -0.15) is 0 Å². The third-order valence-electron chi connectivity index (χ3n) is 2.84. The van der Waals surface area contributed by atoms with Gasteiger partial charge in [-0.15, -0.1) is 0 Å². The van der Waals surface area contributed by atoms with Crippen LogP contribution in [0.4, 0.5) is 0 Å². The predicted molar refractivity (Wildman–Crippen MR) is 90.6 cm³/mol. The minimum absolute atomic E-state index is 0.129. The van der Waals surface area contributed by atoms with Crippen LogP contribution in [0.25, 0.3) is 6.08 Å². The van der Waals surface area contributed by atoms with Gasteiger partial charge in [-0.25, -0.2) is 4.79 Å². The summed E-state index contributed by atoms with van der Waals surface area (Å²) in [5, 5.41) is 2.37. The number of hydrogen-bond acceptors (Lipinski definition) is 4.